The van der Waals surface area contributed by atoms with Gasteiger partial charge in [-0.2, -0.15) is 0 Å². The molecule has 1 N–H and O–H groups in total. The molecule has 0 saturated heterocycles. The van der Waals surface area contributed by atoms with Crippen molar-refractivity contribution in [3.8, 4) is 5.75 Å². The van der Waals surface area contributed by atoms with E-state index in [-0.39, 0.29) is 11.5 Å². The van der Waals surface area contributed by atoms with Crippen LogP contribution in [0.1, 0.15) is 12.5 Å². The molecule has 0 saturated carbocycles. The number of carbonyl (C=O) groups is 1. The zero-order chi connectivity index (χ0) is 15.4. The number of rotatable bonds is 6. The van der Waals surface area contributed by atoms with Crippen LogP contribution in [0.5, 0.6) is 5.75 Å². The maximum atomic E-state index is 11.0. The molecule has 1 atom stereocenters. The monoisotopic (exact) mass is 292 g/mol. The quantitative estimate of drug-likeness (QED) is 0.498. The van der Waals surface area contributed by atoms with Gasteiger partial charge in [0.2, 0.25) is 6.04 Å². The van der Waals surface area contributed by atoms with Gasteiger partial charge in [-0.3, -0.25) is 10.1 Å². The molecule has 2 rings (SSSR count). The highest BCUT2D eigenvalue weighted by molar-refractivity contribution is 5.84. The lowest BCUT2D eigenvalue weighted by Gasteiger charge is -2.05. The van der Waals surface area contributed by atoms with E-state index < -0.39 is 12.0 Å². The highest BCUT2D eigenvalue weighted by atomic mass is 16.6. The zero-order valence-electron chi connectivity index (χ0n) is 11.8. The van der Waals surface area contributed by atoms with Gasteiger partial charge < -0.3 is 14.5 Å². The minimum Gasteiger partial charge on any atom is -0.482 e. The number of H-pyrrole nitrogens is 1. The van der Waals surface area contributed by atoms with E-state index in [2.05, 4.69) is 9.72 Å². The molecule has 0 aliphatic heterocycles. The minimum absolute atomic E-state index is 0.159. The van der Waals surface area contributed by atoms with Crippen molar-refractivity contribution < 1.29 is 19.2 Å². The van der Waals surface area contributed by atoms with Crippen LogP contribution >= 0.6 is 0 Å². The van der Waals surface area contributed by atoms with Crippen molar-refractivity contribution in [1.82, 2.24) is 4.98 Å². The summed E-state index contributed by atoms with van der Waals surface area (Å²) in [5.41, 5.74) is 1.69. The van der Waals surface area contributed by atoms with E-state index in [0.717, 1.165) is 16.5 Å². The lowest BCUT2D eigenvalue weighted by Crippen LogP contribution is -2.17. The first-order chi connectivity index (χ1) is 10.0. The number of benzene rings is 1. The smallest absolute Gasteiger partial charge is 0.343 e. The molecule has 1 aromatic heterocycles. The highest BCUT2D eigenvalue weighted by Crippen LogP contribution is 2.24. The van der Waals surface area contributed by atoms with Crippen molar-refractivity contribution in [3.05, 3.63) is 40.1 Å². The fourth-order valence-electron chi connectivity index (χ4n) is 2.02. The molecule has 7 heteroatoms. The second-order valence-electron chi connectivity index (χ2n) is 4.72. The SMILES string of the molecule is COC(=O)COc1ccc2c(CC(C)[N+](=O)[O-])c[nH]c2c1. The maximum absolute atomic E-state index is 11.0. The van der Waals surface area contributed by atoms with Gasteiger partial charge in [0.1, 0.15) is 5.75 Å². The van der Waals surface area contributed by atoms with Crippen molar-refractivity contribution in [2.24, 2.45) is 0 Å². The van der Waals surface area contributed by atoms with Gasteiger partial charge in [0, 0.05) is 41.4 Å². The Balaban J connectivity index is 2.15. The molecule has 112 valence electrons. The molecule has 21 heavy (non-hydrogen) atoms. The van der Waals surface area contributed by atoms with Crippen molar-refractivity contribution in [2.75, 3.05) is 13.7 Å². The molecule has 0 amide bonds. The summed E-state index contributed by atoms with van der Waals surface area (Å²) >= 11 is 0. The Morgan fingerprint density at radius 3 is 2.90 bits per heavy atom. The number of nitro groups is 1. The Morgan fingerprint density at radius 2 is 2.24 bits per heavy atom. The van der Waals surface area contributed by atoms with E-state index in [0.29, 0.717) is 12.2 Å². The number of nitrogens with zero attached hydrogens (tertiary/aromatic N) is 1. The molecule has 0 bridgehead atoms. The number of carbonyl (C=O) groups excluding carboxylic acids is 1. The van der Waals surface area contributed by atoms with Crippen molar-refractivity contribution >= 4 is 16.9 Å². The number of aromatic amines is 1. The Bertz CT molecular complexity index is 664. The van der Waals surface area contributed by atoms with Crippen LogP contribution in [0.25, 0.3) is 10.9 Å². The predicted octanol–water partition coefficient (Wildman–Crippen LogP) is 1.93. The third-order valence-corrected chi connectivity index (χ3v) is 3.20. The van der Waals surface area contributed by atoms with Crippen molar-refractivity contribution in [3.63, 3.8) is 0 Å². The third kappa shape index (κ3) is 3.50. The molecule has 1 unspecified atom stereocenters. The number of methoxy groups -OCH3 is 1. The molecule has 7 nitrogen and oxygen atoms in total. The third-order valence-electron chi connectivity index (χ3n) is 3.20. The van der Waals surface area contributed by atoms with Crippen molar-refractivity contribution in [1.29, 1.82) is 0 Å². The van der Waals surface area contributed by atoms with E-state index in [1.807, 2.05) is 6.07 Å². The van der Waals surface area contributed by atoms with E-state index in [1.165, 1.54) is 7.11 Å². The second-order valence-corrected chi connectivity index (χ2v) is 4.72. The fraction of sp³-hybridized carbons (Fsp3) is 0.357. The summed E-state index contributed by atoms with van der Waals surface area (Å²) < 4.78 is 9.79. The summed E-state index contributed by atoms with van der Waals surface area (Å²) in [6, 6.07) is 4.65. The normalized spacial score (nSPS) is 12.1. The van der Waals surface area contributed by atoms with Crippen LogP contribution in [0.4, 0.5) is 0 Å². The number of aromatic nitrogens is 1. The Labute approximate surface area is 121 Å². The van der Waals surface area contributed by atoms with Gasteiger partial charge in [0.15, 0.2) is 6.61 Å². The van der Waals surface area contributed by atoms with Gasteiger partial charge in [-0.25, -0.2) is 4.79 Å². The van der Waals surface area contributed by atoms with Gasteiger partial charge in [-0.05, 0) is 17.7 Å². The molecule has 0 aliphatic carbocycles. The second kappa shape index (κ2) is 6.25. The number of fused-ring (bicyclic) bond motifs is 1. The summed E-state index contributed by atoms with van der Waals surface area (Å²) in [6.45, 7) is 1.42. The average molecular weight is 292 g/mol. The van der Waals surface area contributed by atoms with Crippen LogP contribution in [0.3, 0.4) is 0 Å². The Hall–Kier alpha value is -2.57. The molecule has 1 heterocycles. The summed E-state index contributed by atoms with van der Waals surface area (Å²) in [6.07, 6.45) is 2.12. The average Bonchev–Trinajstić information content (AvgIpc) is 2.87. The number of hydrogen-bond donors (Lipinski definition) is 1. The first-order valence-corrected chi connectivity index (χ1v) is 6.44. The molecule has 0 aliphatic rings. The first-order valence-electron chi connectivity index (χ1n) is 6.44. The van der Waals surface area contributed by atoms with Crippen LogP contribution in [-0.4, -0.2) is 35.6 Å². The molecule has 0 radical (unpaired) electrons. The van der Waals surface area contributed by atoms with Crippen molar-refractivity contribution in [2.45, 2.75) is 19.4 Å². The molecule has 2 aromatic rings. The number of hydrogen-bond acceptors (Lipinski definition) is 5. The van der Waals surface area contributed by atoms with Gasteiger partial charge in [-0.1, -0.05) is 0 Å². The first kappa shape index (κ1) is 14.8. The van der Waals surface area contributed by atoms with Gasteiger partial charge in [-0.15, -0.1) is 0 Å². The number of ether oxygens (including phenoxy) is 2. The molecular weight excluding hydrogens is 276 g/mol. The lowest BCUT2D eigenvalue weighted by molar-refractivity contribution is -0.517. The molecular formula is C14H16N2O5. The summed E-state index contributed by atoms with van der Waals surface area (Å²) in [4.78, 5) is 24.5. The number of nitrogens with one attached hydrogen (secondary N) is 1. The van der Waals surface area contributed by atoms with Crippen LogP contribution in [0.2, 0.25) is 0 Å². The van der Waals surface area contributed by atoms with E-state index in [1.54, 1.807) is 25.3 Å². The standard InChI is InChI=1S/C14H16N2O5/c1-9(16(18)19)5-10-7-15-13-6-11(3-4-12(10)13)21-8-14(17)20-2/h3-4,6-7,9,15H,5,8H2,1-2H3. The largest absolute Gasteiger partial charge is 0.482 e. The topological polar surface area (TPSA) is 94.5 Å². The summed E-state index contributed by atoms with van der Waals surface area (Å²) in [7, 11) is 1.29. The van der Waals surface area contributed by atoms with E-state index in [9.17, 15) is 14.9 Å². The van der Waals surface area contributed by atoms with Gasteiger partial charge in [0.25, 0.3) is 0 Å². The van der Waals surface area contributed by atoms with E-state index >= 15 is 0 Å². The van der Waals surface area contributed by atoms with Gasteiger partial charge in [0.05, 0.1) is 7.11 Å². The highest BCUT2D eigenvalue weighted by Gasteiger charge is 2.16. The molecule has 1 aromatic carbocycles. The predicted molar refractivity (Wildman–Crippen MR) is 76.0 cm³/mol. The fourth-order valence-corrected chi connectivity index (χ4v) is 2.02. The summed E-state index contributed by atoms with van der Waals surface area (Å²) in [5, 5.41) is 11.6. The van der Waals surface area contributed by atoms with Gasteiger partial charge >= 0.3 is 5.97 Å². The van der Waals surface area contributed by atoms with Crippen LogP contribution in [0.15, 0.2) is 24.4 Å². The van der Waals surface area contributed by atoms with Crippen LogP contribution in [-0.2, 0) is 16.0 Å². The zero-order valence-corrected chi connectivity index (χ0v) is 11.8. The Morgan fingerprint density at radius 1 is 1.48 bits per heavy atom. The van der Waals surface area contributed by atoms with Crippen LogP contribution in [0, 0.1) is 10.1 Å². The molecule has 0 spiro atoms. The number of esters is 1. The Kier molecular flexibility index (Phi) is 4.42. The lowest BCUT2D eigenvalue weighted by atomic mass is 10.1. The maximum Gasteiger partial charge on any atom is 0.343 e. The minimum atomic E-state index is -0.640. The molecule has 0 fully saturated rings. The summed E-state index contributed by atoms with van der Waals surface area (Å²) in [5.74, 6) is 0.0747. The van der Waals surface area contributed by atoms with Crippen LogP contribution < -0.4 is 4.74 Å². The van der Waals surface area contributed by atoms with E-state index in [4.69, 9.17) is 4.74 Å².